The Morgan fingerprint density at radius 3 is 2.40 bits per heavy atom. The molecule has 0 bridgehead atoms. The SMILES string of the molecule is CC1(C)OB(c2cncc(N)c2CCC#N)OC1(C)C. The van der Waals surface area contributed by atoms with E-state index in [-0.39, 0.29) is 0 Å². The second-order valence-electron chi connectivity index (χ2n) is 6.04. The third kappa shape index (κ3) is 2.51. The molecule has 2 heterocycles. The van der Waals surface area contributed by atoms with Gasteiger partial charge in [-0.05, 0) is 39.7 Å². The molecule has 0 amide bonds. The number of pyridine rings is 1. The van der Waals surface area contributed by atoms with Crippen molar-refractivity contribution in [3.63, 3.8) is 0 Å². The summed E-state index contributed by atoms with van der Waals surface area (Å²) in [6, 6.07) is 2.14. The van der Waals surface area contributed by atoms with Crippen molar-refractivity contribution in [3.8, 4) is 6.07 Å². The lowest BCUT2D eigenvalue weighted by Crippen LogP contribution is -2.41. The predicted molar refractivity (Wildman–Crippen MR) is 78.3 cm³/mol. The van der Waals surface area contributed by atoms with Gasteiger partial charge in [-0.2, -0.15) is 5.26 Å². The molecule has 2 N–H and O–H groups in total. The van der Waals surface area contributed by atoms with E-state index in [2.05, 4.69) is 11.1 Å². The Hall–Kier alpha value is -1.58. The quantitative estimate of drug-likeness (QED) is 0.842. The van der Waals surface area contributed by atoms with Gasteiger partial charge >= 0.3 is 7.12 Å². The molecule has 106 valence electrons. The van der Waals surface area contributed by atoms with Crippen LogP contribution in [0.15, 0.2) is 12.4 Å². The highest BCUT2D eigenvalue weighted by molar-refractivity contribution is 6.62. The minimum Gasteiger partial charge on any atom is -0.399 e. The lowest BCUT2D eigenvalue weighted by atomic mass is 9.76. The van der Waals surface area contributed by atoms with Crippen LogP contribution in [-0.4, -0.2) is 23.3 Å². The summed E-state index contributed by atoms with van der Waals surface area (Å²) >= 11 is 0. The molecule has 6 heteroatoms. The first-order valence-corrected chi connectivity index (χ1v) is 6.73. The monoisotopic (exact) mass is 273 g/mol. The molecular formula is C14H20BN3O2. The molecule has 0 aromatic carbocycles. The molecule has 1 aromatic rings. The standard InChI is InChI=1S/C14H20BN3O2/c1-13(2)14(3,4)20-15(19-13)11-8-18-9-12(17)10(11)6-5-7-16/h8-9H,5-6,17H2,1-4H3. The van der Waals surface area contributed by atoms with Crippen LogP contribution in [0.3, 0.4) is 0 Å². The number of nitriles is 1. The molecule has 1 fully saturated rings. The zero-order valence-electron chi connectivity index (χ0n) is 12.4. The van der Waals surface area contributed by atoms with Crippen molar-refractivity contribution in [2.45, 2.75) is 51.7 Å². The molecule has 0 spiro atoms. The number of nitrogens with zero attached hydrogens (tertiary/aromatic N) is 2. The van der Waals surface area contributed by atoms with Crippen molar-refractivity contribution in [1.29, 1.82) is 5.26 Å². The Balaban J connectivity index is 2.35. The van der Waals surface area contributed by atoms with E-state index in [9.17, 15) is 0 Å². The van der Waals surface area contributed by atoms with Crippen LogP contribution in [0.4, 0.5) is 5.69 Å². The van der Waals surface area contributed by atoms with Gasteiger partial charge in [0.15, 0.2) is 0 Å². The van der Waals surface area contributed by atoms with Gasteiger partial charge in [-0.25, -0.2) is 0 Å². The topological polar surface area (TPSA) is 81.2 Å². The molecule has 2 rings (SSSR count). The van der Waals surface area contributed by atoms with Gasteiger partial charge in [0.2, 0.25) is 0 Å². The van der Waals surface area contributed by atoms with E-state index < -0.39 is 18.3 Å². The molecule has 20 heavy (non-hydrogen) atoms. The van der Waals surface area contributed by atoms with Crippen LogP contribution in [0.2, 0.25) is 0 Å². The van der Waals surface area contributed by atoms with Gasteiger partial charge in [-0.15, -0.1) is 0 Å². The third-order valence-corrected chi connectivity index (χ3v) is 4.12. The van der Waals surface area contributed by atoms with Crippen LogP contribution in [0.1, 0.15) is 39.7 Å². The van der Waals surface area contributed by atoms with E-state index >= 15 is 0 Å². The lowest BCUT2D eigenvalue weighted by Gasteiger charge is -2.32. The summed E-state index contributed by atoms with van der Waals surface area (Å²) in [5.41, 5.74) is 7.45. The van der Waals surface area contributed by atoms with E-state index in [0.29, 0.717) is 18.5 Å². The van der Waals surface area contributed by atoms with Crippen molar-refractivity contribution in [3.05, 3.63) is 18.0 Å². The molecular weight excluding hydrogens is 253 g/mol. The third-order valence-electron chi connectivity index (χ3n) is 4.12. The van der Waals surface area contributed by atoms with E-state index in [1.54, 1.807) is 12.4 Å². The number of nitrogens with two attached hydrogens (primary N) is 1. The second kappa shape index (κ2) is 5.08. The van der Waals surface area contributed by atoms with E-state index in [1.807, 2.05) is 27.7 Å². The summed E-state index contributed by atoms with van der Waals surface area (Å²) < 4.78 is 12.1. The number of anilines is 1. The highest BCUT2D eigenvalue weighted by Gasteiger charge is 2.52. The van der Waals surface area contributed by atoms with Crippen LogP contribution < -0.4 is 11.2 Å². The smallest absolute Gasteiger partial charge is 0.399 e. The van der Waals surface area contributed by atoms with Crippen molar-refractivity contribution in [1.82, 2.24) is 4.98 Å². The normalized spacial score (nSPS) is 19.9. The maximum absolute atomic E-state index is 8.77. The van der Waals surface area contributed by atoms with Gasteiger partial charge in [0.05, 0.1) is 23.0 Å². The Morgan fingerprint density at radius 1 is 1.25 bits per heavy atom. The Bertz CT molecular complexity index is 536. The average Bonchev–Trinajstić information content (AvgIpc) is 2.56. The first-order chi connectivity index (χ1) is 9.28. The van der Waals surface area contributed by atoms with Crippen molar-refractivity contribution in [2.75, 3.05) is 5.73 Å². The number of hydrogen-bond acceptors (Lipinski definition) is 5. The van der Waals surface area contributed by atoms with Crippen molar-refractivity contribution < 1.29 is 9.31 Å². The summed E-state index contributed by atoms with van der Waals surface area (Å²) in [7, 11) is -0.496. The Labute approximate surface area is 120 Å². The van der Waals surface area contributed by atoms with Crippen LogP contribution in [0.25, 0.3) is 0 Å². The summed E-state index contributed by atoms with van der Waals surface area (Å²) in [6.07, 6.45) is 4.29. The molecule has 0 saturated carbocycles. The fourth-order valence-electron chi connectivity index (χ4n) is 2.16. The number of hydrogen-bond donors (Lipinski definition) is 1. The van der Waals surface area contributed by atoms with E-state index in [0.717, 1.165) is 11.0 Å². The highest BCUT2D eigenvalue weighted by atomic mass is 16.7. The van der Waals surface area contributed by atoms with E-state index in [4.69, 9.17) is 20.3 Å². The maximum atomic E-state index is 8.77. The molecule has 1 aliphatic heterocycles. The minimum atomic E-state index is -0.496. The van der Waals surface area contributed by atoms with Gasteiger partial charge in [0.25, 0.3) is 0 Å². The van der Waals surface area contributed by atoms with Crippen LogP contribution in [0, 0.1) is 11.3 Å². The zero-order valence-corrected chi connectivity index (χ0v) is 12.4. The number of aromatic nitrogens is 1. The van der Waals surface area contributed by atoms with Gasteiger partial charge in [0.1, 0.15) is 0 Å². The van der Waals surface area contributed by atoms with Crippen LogP contribution in [0.5, 0.6) is 0 Å². The largest absolute Gasteiger partial charge is 0.496 e. The lowest BCUT2D eigenvalue weighted by molar-refractivity contribution is 0.00578. The summed E-state index contributed by atoms with van der Waals surface area (Å²) in [5, 5.41) is 8.77. The first kappa shape index (κ1) is 14.8. The average molecular weight is 273 g/mol. The van der Waals surface area contributed by atoms with Gasteiger partial charge in [-0.1, -0.05) is 0 Å². The Kier molecular flexibility index (Phi) is 3.76. The van der Waals surface area contributed by atoms with Gasteiger partial charge in [-0.3, -0.25) is 4.98 Å². The number of nitrogen functional groups attached to an aromatic ring is 1. The molecule has 5 nitrogen and oxygen atoms in total. The fourth-order valence-corrected chi connectivity index (χ4v) is 2.16. The van der Waals surface area contributed by atoms with Crippen LogP contribution >= 0.6 is 0 Å². The molecule has 1 aliphatic rings. The highest BCUT2D eigenvalue weighted by Crippen LogP contribution is 2.36. The summed E-state index contributed by atoms with van der Waals surface area (Å²) in [6.45, 7) is 8.01. The Morgan fingerprint density at radius 2 is 1.85 bits per heavy atom. The first-order valence-electron chi connectivity index (χ1n) is 6.73. The molecule has 0 aliphatic carbocycles. The number of rotatable bonds is 3. The maximum Gasteiger partial charge on any atom is 0.496 e. The molecule has 0 unspecified atom stereocenters. The van der Waals surface area contributed by atoms with Gasteiger partial charge in [0, 0.05) is 24.3 Å². The molecule has 1 aromatic heterocycles. The zero-order chi connectivity index (χ0) is 15.0. The van der Waals surface area contributed by atoms with Crippen LogP contribution in [-0.2, 0) is 15.7 Å². The molecule has 0 atom stereocenters. The van der Waals surface area contributed by atoms with E-state index in [1.165, 1.54) is 0 Å². The molecule has 1 saturated heterocycles. The van der Waals surface area contributed by atoms with Crippen molar-refractivity contribution >= 4 is 18.3 Å². The fraction of sp³-hybridized carbons (Fsp3) is 0.571. The predicted octanol–water partition coefficient (Wildman–Crippen LogP) is 1.42. The summed E-state index contributed by atoms with van der Waals surface area (Å²) in [5.74, 6) is 0. The van der Waals surface area contributed by atoms with Gasteiger partial charge < -0.3 is 15.0 Å². The minimum absolute atomic E-state index is 0.403. The molecule has 0 radical (unpaired) electrons. The second-order valence-corrected chi connectivity index (χ2v) is 6.04. The summed E-state index contributed by atoms with van der Waals surface area (Å²) in [4.78, 5) is 4.13. The van der Waals surface area contributed by atoms with Crippen molar-refractivity contribution in [2.24, 2.45) is 0 Å².